The normalized spacial score (nSPS) is 12.6. The van der Waals surface area contributed by atoms with E-state index in [0.29, 0.717) is 18.1 Å². The fourth-order valence-corrected chi connectivity index (χ4v) is 5.97. The summed E-state index contributed by atoms with van der Waals surface area (Å²) in [5.74, 6) is 2.33. The van der Waals surface area contributed by atoms with Crippen LogP contribution in [0.1, 0.15) is 102 Å². The lowest BCUT2D eigenvalue weighted by atomic mass is 10.1. The number of carbonyl (C=O) groups is 1. The van der Waals surface area contributed by atoms with Gasteiger partial charge in [0, 0.05) is 17.9 Å². The Bertz CT molecular complexity index is 1060. The number of benzene rings is 2. The Morgan fingerprint density at radius 1 is 0.902 bits per heavy atom. The molecule has 1 aliphatic heterocycles. The molecule has 41 heavy (non-hydrogen) atoms. The number of amides is 1. The number of nitrogens with one attached hydrogen (secondary N) is 1. The number of para-hydroxylation sites is 1. The number of allylic oxidation sites excluding steroid dienone is 1. The lowest BCUT2D eigenvalue weighted by Gasteiger charge is -2.21. The van der Waals surface area contributed by atoms with Gasteiger partial charge in [-0.15, -0.1) is 28.7 Å². The van der Waals surface area contributed by atoms with Crippen LogP contribution in [0.5, 0.6) is 11.5 Å². The Morgan fingerprint density at radius 3 is 2.20 bits per heavy atom. The molecular formula is C34H51BrN2O3S. The van der Waals surface area contributed by atoms with Crippen molar-refractivity contribution in [2.75, 3.05) is 24.9 Å². The zero-order valence-electron chi connectivity index (χ0n) is 25.4. The molecule has 0 fully saturated rings. The maximum atomic E-state index is 13.0. The van der Waals surface area contributed by atoms with Crippen LogP contribution in [-0.4, -0.2) is 30.4 Å². The monoisotopic (exact) mass is 646 g/mol. The van der Waals surface area contributed by atoms with Gasteiger partial charge in [-0.05, 0) is 48.1 Å². The van der Waals surface area contributed by atoms with E-state index < -0.39 is 0 Å². The number of nitrogens with zero attached hydrogens (tertiary/aromatic N) is 1. The van der Waals surface area contributed by atoms with Crippen molar-refractivity contribution in [1.29, 1.82) is 0 Å². The van der Waals surface area contributed by atoms with Crippen LogP contribution in [0.4, 0.5) is 5.69 Å². The topological polar surface area (TPSA) is 50.8 Å². The first-order valence-electron chi connectivity index (χ1n) is 15.3. The predicted molar refractivity (Wildman–Crippen MR) is 180 cm³/mol. The van der Waals surface area contributed by atoms with Gasteiger partial charge in [0.1, 0.15) is 0 Å². The number of anilines is 1. The minimum Gasteiger partial charge on any atom is -0.493 e. The molecule has 0 bridgehead atoms. The molecule has 1 amide bonds. The average Bonchev–Trinajstić information content (AvgIpc) is 3.36. The minimum atomic E-state index is -0.0346. The molecule has 0 saturated carbocycles. The molecule has 1 heterocycles. The van der Waals surface area contributed by atoms with E-state index in [1.54, 1.807) is 18.9 Å². The number of halogens is 1. The largest absolute Gasteiger partial charge is 0.493 e. The first kappa shape index (κ1) is 35.1. The van der Waals surface area contributed by atoms with Crippen molar-refractivity contribution in [2.24, 2.45) is 0 Å². The summed E-state index contributed by atoms with van der Waals surface area (Å²) >= 11 is 1.80. The number of thioether (sulfide) groups is 1. The molecule has 7 heteroatoms. The second-order valence-electron chi connectivity index (χ2n) is 10.9. The van der Waals surface area contributed by atoms with Gasteiger partial charge in [0.15, 0.2) is 11.5 Å². The molecule has 1 N–H and O–H groups in total. The Morgan fingerprint density at radius 2 is 1.56 bits per heavy atom. The van der Waals surface area contributed by atoms with Gasteiger partial charge in [0.2, 0.25) is 5.91 Å². The maximum Gasteiger partial charge on any atom is 0.228 e. The van der Waals surface area contributed by atoms with E-state index in [-0.39, 0.29) is 29.3 Å². The molecule has 0 radical (unpaired) electrons. The highest BCUT2D eigenvalue weighted by Crippen LogP contribution is 2.30. The summed E-state index contributed by atoms with van der Waals surface area (Å²) in [5.41, 5.74) is 4.16. The molecule has 0 saturated heterocycles. The minimum absolute atomic E-state index is 0. The fraction of sp³-hybridized carbons (Fsp3) is 0.559. The number of carbonyl (C=O) groups excluding carboxylic acids is 1. The zero-order valence-corrected chi connectivity index (χ0v) is 28.0. The van der Waals surface area contributed by atoms with Crippen molar-refractivity contribution in [3.05, 3.63) is 64.7 Å². The van der Waals surface area contributed by atoms with Gasteiger partial charge in [-0.3, -0.25) is 4.79 Å². The van der Waals surface area contributed by atoms with Gasteiger partial charge in [-0.1, -0.05) is 102 Å². The molecule has 2 aromatic carbocycles. The number of hydrogen-bond acceptors (Lipinski definition) is 5. The number of rotatable bonds is 20. The SMILES string of the molecule is Br.CCCCCCCCCCCCCCOc1cc(CC(=O)Nc2ccccc2CN2CSC=C2C)ccc1OC. The van der Waals surface area contributed by atoms with E-state index in [1.165, 1.54) is 76.3 Å². The third-order valence-electron chi connectivity index (χ3n) is 7.48. The molecule has 2 aromatic rings. The summed E-state index contributed by atoms with van der Waals surface area (Å²) in [6.45, 7) is 5.85. The summed E-state index contributed by atoms with van der Waals surface area (Å²) < 4.78 is 11.6. The van der Waals surface area contributed by atoms with Crippen molar-refractivity contribution < 1.29 is 14.3 Å². The van der Waals surface area contributed by atoms with Crippen molar-refractivity contribution in [3.8, 4) is 11.5 Å². The third kappa shape index (κ3) is 13.2. The maximum absolute atomic E-state index is 13.0. The third-order valence-corrected chi connectivity index (χ3v) is 8.45. The molecule has 5 nitrogen and oxygen atoms in total. The lowest BCUT2D eigenvalue weighted by molar-refractivity contribution is -0.115. The predicted octanol–water partition coefficient (Wildman–Crippen LogP) is 9.90. The molecule has 0 unspecified atom stereocenters. The Kier molecular flexibility index (Phi) is 17.7. The smallest absolute Gasteiger partial charge is 0.228 e. The van der Waals surface area contributed by atoms with E-state index >= 15 is 0 Å². The van der Waals surface area contributed by atoms with Crippen LogP contribution < -0.4 is 14.8 Å². The molecule has 0 atom stereocenters. The zero-order chi connectivity index (χ0) is 28.4. The summed E-state index contributed by atoms with van der Waals surface area (Å²) in [5, 5.41) is 5.31. The van der Waals surface area contributed by atoms with Gasteiger partial charge in [0.05, 0.1) is 26.0 Å². The molecular weight excluding hydrogens is 596 g/mol. The highest BCUT2D eigenvalue weighted by molar-refractivity contribution is 8.93. The van der Waals surface area contributed by atoms with Crippen LogP contribution in [0, 0.1) is 0 Å². The van der Waals surface area contributed by atoms with Gasteiger partial charge in [0.25, 0.3) is 0 Å². The summed E-state index contributed by atoms with van der Waals surface area (Å²) in [6.07, 6.45) is 16.1. The molecule has 0 aromatic heterocycles. The Labute approximate surface area is 263 Å². The standard InChI is InChI=1S/C34H50N2O3S.BrH/c1-4-5-6-7-8-9-10-11-12-13-14-17-22-39-33-23-29(20-21-32(33)38-3)24-34(37)35-31-19-16-15-18-30(31)25-36-27-40-26-28(36)2;/h15-16,18-21,23,26H,4-14,17,22,24-25,27H2,1-3H3,(H,35,37);1H. The van der Waals surface area contributed by atoms with Crippen LogP contribution in [0.2, 0.25) is 0 Å². The van der Waals surface area contributed by atoms with E-state index in [4.69, 9.17) is 9.47 Å². The second-order valence-corrected chi connectivity index (χ2v) is 11.7. The van der Waals surface area contributed by atoms with E-state index in [0.717, 1.165) is 35.7 Å². The van der Waals surface area contributed by atoms with Crippen LogP contribution >= 0.6 is 28.7 Å². The van der Waals surface area contributed by atoms with Crippen LogP contribution in [-0.2, 0) is 17.8 Å². The first-order chi connectivity index (χ1) is 19.6. The number of hydrogen-bond donors (Lipinski definition) is 1. The van der Waals surface area contributed by atoms with E-state index in [2.05, 4.69) is 35.5 Å². The quantitative estimate of drug-likeness (QED) is 0.145. The lowest BCUT2D eigenvalue weighted by Crippen LogP contribution is -2.20. The summed E-state index contributed by atoms with van der Waals surface area (Å²) in [7, 11) is 1.66. The number of unbranched alkanes of at least 4 members (excludes halogenated alkanes) is 11. The highest BCUT2D eigenvalue weighted by Gasteiger charge is 2.15. The molecule has 3 rings (SSSR count). The highest BCUT2D eigenvalue weighted by atomic mass is 79.9. The van der Waals surface area contributed by atoms with Crippen molar-refractivity contribution in [3.63, 3.8) is 0 Å². The Balaban J connectivity index is 0.00000588. The van der Waals surface area contributed by atoms with E-state index in [1.807, 2.05) is 36.4 Å². The van der Waals surface area contributed by atoms with Crippen molar-refractivity contribution >= 4 is 40.3 Å². The van der Waals surface area contributed by atoms with Gasteiger partial charge in [-0.25, -0.2) is 0 Å². The molecule has 0 spiro atoms. The van der Waals surface area contributed by atoms with Gasteiger partial charge >= 0.3 is 0 Å². The second kappa shape index (κ2) is 20.7. The average molecular weight is 648 g/mol. The van der Waals surface area contributed by atoms with Gasteiger partial charge in [-0.2, -0.15) is 0 Å². The van der Waals surface area contributed by atoms with Crippen LogP contribution in [0.25, 0.3) is 0 Å². The molecule has 0 aliphatic carbocycles. The fourth-order valence-electron chi connectivity index (χ4n) is 5.03. The van der Waals surface area contributed by atoms with Gasteiger partial charge < -0.3 is 19.7 Å². The molecule has 228 valence electrons. The van der Waals surface area contributed by atoms with Crippen molar-refractivity contribution in [1.82, 2.24) is 4.90 Å². The van der Waals surface area contributed by atoms with Crippen molar-refractivity contribution in [2.45, 2.75) is 104 Å². The summed E-state index contributed by atoms with van der Waals surface area (Å²) in [6, 6.07) is 13.8. The van der Waals surface area contributed by atoms with Crippen LogP contribution in [0.3, 0.4) is 0 Å². The Hall–Kier alpha value is -2.12. The summed E-state index contributed by atoms with van der Waals surface area (Å²) in [4.78, 5) is 15.3. The van der Waals surface area contributed by atoms with E-state index in [9.17, 15) is 4.79 Å². The van der Waals surface area contributed by atoms with Crippen LogP contribution in [0.15, 0.2) is 53.6 Å². The molecule has 1 aliphatic rings. The first-order valence-corrected chi connectivity index (χ1v) is 16.4. The number of ether oxygens (including phenoxy) is 2. The number of methoxy groups -OCH3 is 1.